The van der Waals surface area contributed by atoms with E-state index in [9.17, 15) is 0 Å². The van der Waals surface area contributed by atoms with E-state index in [-0.39, 0.29) is 18.3 Å². The molecule has 2 aromatic carbocycles. The Bertz CT molecular complexity index is 1440. The highest BCUT2D eigenvalue weighted by Gasteiger charge is 2.51. The van der Waals surface area contributed by atoms with Gasteiger partial charge in [0.15, 0.2) is 11.6 Å². The van der Waals surface area contributed by atoms with Crippen LogP contribution < -0.4 is 15.3 Å². The zero-order valence-electron chi connectivity index (χ0n) is 23.4. The molecule has 0 spiro atoms. The molecule has 2 aromatic heterocycles. The van der Waals surface area contributed by atoms with Crippen molar-refractivity contribution in [2.45, 2.75) is 65.1 Å². The van der Waals surface area contributed by atoms with Gasteiger partial charge < -0.3 is 28.2 Å². The highest BCUT2D eigenvalue weighted by Crippen LogP contribution is 2.36. The van der Waals surface area contributed by atoms with Gasteiger partial charge in [-0.15, -0.1) is 20.4 Å². The zero-order valence-corrected chi connectivity index (χ0v) is 25.0. The molecule has 3 aliphatic rings. The quantitative estimate of drug-likeness (QED) is 0.328. The van der Waals surface area contributed by atoms with Crippen molar-refractivity contribution in [1.29, 1.82) is 0 Å². The molecular formula is C28H34BBrN8O2. The van der Waals surface area contributed by atoms with E-state index >= 15 is 0 Å². The van der Waals surface area contributed by atoms with Gasteiger partial charge in [0.1, 0.15) is 12.7 Å². The van der Waals surface area contributed by atoms with Gasteiger partial charge in [-0.25, -0.2) is 0 Å². The zero-order chi connectivity index (χ0) is 27.9. The molecule has 12 heteroatoms. The molecule has 3 aliphatic heterocycles. The van der Waals surface area contributed by atoms with E-state index in [1.54, 1.807) is 12.7 Å². The van der Waals surface area contributed by atoms with E-state index in [1.807, 2.05) is 0 Å². The first kappa shape index (κ1) is 27.0. The highest BCUT2D eigenvalue weighted by atomic mass is 79.9. The van der Waals surface area contributed by atoms with Gasteiger partial charge in [0, 0.05) is 42.0 Å². The summed E-state index contributed by atoms with van der Waals surface area (Å²) in [4.78, 5) is 4.63. The fourth-order valence-electron chi connectivity index (χ4n) is 5.05. The largest absolute Gasteiger partial charge is 0.494 e. The van der Waals surface area contributed by atoms with E-state index in [4.69, 9.17) is 9.31 Å². The fraction of sp³-hybridized carbons (Fsp3) is 0.429. The Kier molecular flexibility index (Phi) is 7.18. The minimum Gasteiger partial charge on any atom is -0.399 e. The predicted molar refractivity (Wildman–Crippen MR) is 158 cm³/mol. The number of hydrogen-bond donors (Lipinski definition) is 0. The second-order valence-corrected chi connectivity index (χ2v) is 12.3. The third-order valence-electron chi connectivity index (χ3n) is 8.25. The van der Waals surface area contributed by atoms with Crippen LogP contribution in [0.5, 0.6) is 0 Å². The topological polar surface area (TPSA) is 86.4 Å². The van der Waals surface area contributed by atoms with Gasteiger partial charge in [-0.1, -0.05) is 28.1 Å². The third kappa shape index (κ3) is 5.40. The molecule has 10 nitrogen and oxygen atoms in total. The molecule has 208 valence electrons. The highest BCUT2D eigenvalue weighted by molar-refractivity contribution is 9.10. The van der Waals surface area contributed by atoms with Crippen molar-refractivity contribution in [3.63, 3.8) is 0 Å². The van der Waals surface area contributed by atoms with E-state index < -0.39 is 0 Å². The van der Waals surface area contributed by atoms with E-state index in [0.29, 0.717) is 0 Å². The fourth-order valence-corrected chi connectivity index (χ4v) is 5.31. The first-order valence-electron chi connectivity index (χ1n) is 13.6. The van der Waals surface area contributed by atoms with Gasteiger partial charge >= 0.3 is 7.12 Å². The monoisotopic (exact) mass is 604 g/mol. The van der Waals surface area contributed by atoms with Crippen LogP contribution >= 0.6 is 15.9 Å². The van der Waals surface area contributed by atoms with E-state index in [1.165, 1.54) is 11.4 Å². The lowest BCUT2D eigenvalue weighted by Gasteiger charge is -2.32. The van der Waals surface area contributed by atoms with Crippen LogP contribution in [0.3, 0.4) is 0 Å². The van der Waals surface area contributed by atoms with Crippen molar-refractivity contribution < 1.29 is 9.31 Å². The smallest absolute Gasteiger partial charge is 0.399 e. The van der Waals surface area contributed by atoms with Gasteiger partial charge in [0.25, 0.3) is 0 Å². The van der Waals surface area contributed by atoms with Crippen molar-refractivity contribution in [2.75, 3.05) is 22.9 Å². The Hall–Kier alpha value is -3.22. The number of benzene rings is 2. The summed E-state index contributed by atoms with van der Waals surface area (Å²) in [6, 6.07) is 16.8. The van der Waals surface area contributed by atoms with Crippen LogP contribution in [0.25, 0.3) is 0 Å². The molecule has 0 amide bonds. The number of hydrogen-bond acceptors (Lipinski definition) is 8. The summed E-state index contributed by atoms with van der Waals surface area (Å²) in [6.07, 6.45) is 3.60. The number of nitrogens with zero attached hydrogens (tertiary/aromatic N) is 8. The SMILES string of the molecule is Brc1ccc(N2CCn3cnnc3C2)cc1.CC1(C)OB(c2ccc(N3CCn4cnnc4C3)cc2)OC1(C)C. The van der Waals surface area contributed by atoms with Gasteiger partial charge in [-0.2, -0.15) is 0 Å². The minimum atomic E-state index is -0.312. The maximum Gasteiger partial charge on any atom is 0.494 e. The lowest BCUT2D eigenvalue weighted by atomic mass is 9.79. The number of aromatic nitrogens is 6. The standard InChI is InChI=1S/C17H23BN4O2.C11H11BrN4/c1-16(2)17(3,4)24-18(23-16)13-5-7-14(8-6-13)21-9-10-22-12-19-20-15(22)11-21;12-9-1-3-10(4-2-9)15-5-6-16-8-13-14-11(16)7-15/h5-8,12H,9-11H2,1-4H3;1-4,8H,5-7H2. The van der Waals surface area contributed by atoms with E-state index in [0.717, 1.165) is 60.9 Å². The summed E-state index contributed by atoms with van der Waals surface area (Å²) in [5.74, 6) is 2.05. The Morgan fingerprint density at radius 2 is 1.12 bits per heavy atom. The molecule has 1 saturated heterocycles. The van der Waals surface area contributed by atoms with Crippen LogP contribution in [0.1, 0.15) is 39.3 Å². The molecule has 0 bridgehead atoms. The predicted octanol–water partition coefficient (Wildman–Crippen LogP) is 3.66. The molecule has 0 unspecified atom stereocenters. The van der Waals surface area contributed by atoms with Gasteiger partial charge in [0.05, 0.1) is 24.3 Å². The Morgan fingerprint density at radius 1 is 0.675 bits per heavy atom. The van der Waals surface area contributed by atoms with Crippen molar-refractivity contribution in [3.8, 4) is 0 Å². The van der Waals surface area contributed by atoms with Crippen molar-refractivity contribution in [3.05, 3.63) is 77.3 Å². The summed E-state index contributed by atoms with van der Waals surface area (Å²) < 4.78 is 17.5. The molecule has 5 heterocycles. The summed E-state index contributed by atoms with van der Waals surface area (Å²) in [7, 11) is -0.312. The minimum absolute atomic E-state index is 0.312. The van der Waals surface area contributed by atoms with Crippen LogP contribution in [-0.2, 0) is 35.5 Å². The summed E-state index contributed by atoms with van der Waals surface area (Å²) in [5, 5.41) is 16.2. The van der Waals surface area contributed by atoms with Crippen LogP contribution in [0.4, 0.5) is 11.4 Å². The molecule has 40 heavy (non-hydrogen) atoms. The lowest BCUT2D eigenvalue weighted by Crippen LogP contribution is -2.41. The van der Waals surface area contributed by atoms with Crippen molar-refractivity contribution >= 4 is 39.9 Å². The van der Waals surface area contributed by atoms with Crippen molar-refractivity contribution in [1.82, 2.24) is 29.5 Å². The summed E-state index contributed by atoms with van der Waals surface area (Å²) >= 11 is 3.44. The molecule has 0 aliphatic carbocycles. The molecule has 4 aromatic rings. The number of rotatable bonds is 3. The number of fused-ring (bicyclic) bond motifs is 2. The Balaban J connectivity index is 0.000000157. The normalized spacial score (nSPS) is 19.1. The second kappa shape index (κ2) is 10.6. The van der Waals surface area contributed by atoms with Crippen LogP contribution in [0, 0.1) is 0 Å². The van der Waals surface area contributed by atoms with Crippen LogP contribution in [0.15, 0.2) is 65.7 Å². The first-order chi connectivity index (χ1) is 19.2. The molecule has 0 saturated carbocycles. The second-order valence-electron chi connectivity index (χ2n) is 11.4. The summed E-state index contributed by atoms with van der Waals surface area (Å²) in [6.45, 7) is 13.8. The molecular weight excluding hydrogens is 571 g/mol. The van der Waals surface area contributed by atoms with Gasteiger partial charge in [0.2, 0.25) is 0 Å². The average Bonchev–Trinajstić information content (AvgIpc) is 3.66. The molecule has 0 atom stereocenters. The van der Waals surface area contributed by atoms with Crippen LogP contribution in [0.2, 0.25) is 0 Å². The maximum atomic E-state index is 6.11. The molecule has 0 radical (unpaired) electrons. The maximum absolute atomic E-state index is 6.11. The van der Waals surface area contributed by atoms with E-state index in [2.05, 4.69) is 131 Å². The van der Waals surface area contributed by atoms with Gasteiger partial charge in [-0.05, 0) is 69.6 Å². The molecule has 7 rings (SSSR count). The van der Waals surface area contributed by atoms with Gasteiger partial charge in [-0.3, -0.25) is 0 Å². The number of halogens is 1. The van der Waals surface area contributed by atoms with Crippen molar-refractivity contribution in [2.24, 2.45) is 0 Å². The number of anilines is 2. The third-order valence-corrected chi connectivity index (χ3v) is 8.78. The first-order valence-corrected chi connectivity index (χ1v) is 14.4. The average molecular weight is 605 g/mol. The Morgan fingerprint density at radius 3 is 1.60 bits per heavy atom. The Labute approximate surface area is 243 Å². The molecule has 1 fully saturated rings. The summed E-state index contributed by atoms with van der Waals surface area (Å²) in [5.41, 5.74) is 2.85. The lowest BCUT2D eigenvalue weighted by molar-refractivity contribution is 0.00578. The van der Waals surface area contributed by atoms with Crippen LogP contribution in [-0.4, -0.2) is 60.9 Å². The molecule has 0 N–H and O–H groups in total.